The number of halogens is 1. The second-order valence-electron chi connectivity index (χ2n) is 5.24. The van der Waals surface area contributed by atoms with Crippen molar-refractivity contribution in [2.24, 2.45) is 0 Å². The topological polar surface area (TPSA) is 51.0 Å². The molecule has 1 fully saturated rings. The number of hydrogen-bond donors (Lipinski definition) is 1. The zero-order valence-electron chi connectivity index (χ0n) is 11.7. The van der Waals surface area contributed by atoms with E-state index in [1.54, 1.807) is 0 Å². The van der Waals surface area contributed by atoms with Crippen LogP contribution in [-0.2, 0) is 0 Å². The van der Waals surface area contributed by atoms with Crippen molar-refractivity contribution < 1.29 is 4.42 Å². The number of aryl methyl sites for hydroxylation is 1. The zero-order valence-corrected chi connectivity index (χ0v) is 13.9. The minimum absolute atomic E-state index is 0.562. The molecular weight excluding hydrogens is 365 g/mol. The predicted octanol–water partition coefficient (Wildman–Crippen LogP) is 4.35. The molecule has 0 atom stereocenters. The first-order valence-electron chi connectivity index (χ1n) is 7.01. The van der Waals surface area contributed by atoms with Crippen molar-refractivity contribution >= 4 is 28.4 Å². The first-order chi connectivity index (χ1) is 9.69. The maximum atomic E-state index is 5.67. The van der Waals surface area contributed by atoms with Crippen LogP contribution in [-0.4, -0.2) is 17.0 Å². The Labute approximate surface area is 132 Å². The molecule has 20 heavy (non-hydrogen) atoms. The van der Waals surface area contributed by atoms with Crippen molar-refractivity contribution in [3.05, 3.63) is 27.2 Å². The van der Waals surface area contributed by atoms with Crippen LogP contribution in [0.15, 0.2) is 16.5 Å². The van der Waals surface area contributed by atoms with Gasteiger partial charge in [0.05, 0.1) is 9.26 Å². The fourth-order valence-corrected chi connectivity index (χ4v) is 3.72. The molecule has 2 aromatic heterocycles. The maximum absolute atomic E-state index is 5.67. The van der Waals surface area contributed by atoms with Gasteiger partial charge in [0.15, 0.2) is 11.6 Å². The average Bonchev–Trinajstić information content (AvgIpc) is 3.10. The summed E-state index contributed by atoms with van der Waals surface area (Å²) in [6, 6.07) is 3.89. The van der Waals surface area contributed by atoms with Gasteiger partial charge in [-0.2, -0.15) is 0 Å². The van der Waals surface area contributed by atoms with Crippen molar-refractivity contribution in [3.63, 3.8) is 0 Å². The van der Waals surface area contributed by atoms with Crippen LogP contribution < -0.4 is 5.32 Å². The van der Waals surface area contributed by atoms with Crippen LogP contribution in [0, 0.1) is 10.5 Å². The van der Waals surface area contributed by atoms with Gasteiger partial charge < -0.3 is 9.73 Å². The summed E-state index contributed by atoms with van der Waals surface area (Å²) in [7, 11) is 1.90. The maximum Gasteiger partial charge on any atom is 0.197 e. The highest BCUT2D eigenvalue weighted by atomic mass is 127. The summed E-state index contributed by atoms with van der Waals surface area (Å²) in [4.78, 5) is 9.38. The van der Waals surface area contributed by atoms with E-state index in [1.807, 2.05) is 26.1 Å². The minimum Gasteiger partial charge on any atom is -0.458 e. The highest BCUT2D eigenvalue weighted by Crippen LogP contribution is 2.37. The molecule has 0 spiro atoms. The van der Waals surface area contributed by atoms with E-state index in [0.717, 1.165) is 20.9 Å². The second-order valence-corrected chi connectivity index (χ2v) is 6.32. The van der Waals surface area contributed by atoms with Gasteiger partial charge in [0.1, 0.15) is 11.6 Å². The van der Waals surface area contributed by atoms with E-state index in [9.17, 15) is 0 Å². The van der Waals surface area contributed by atoms with Gasteiger partial charge in [-0.3, -0.25) is 0 Å². The normalized spacial score (nSPS) is 15.8. The number of rotatable bonds is 3. The number of nitrogens with zero attached hydrogens (tertiary/aromatic N) is 2. The molecule has 0 radical (unpaired) electrons. The lowest BCUT2D eigenvalue weighted by molar-refractivity contribution is 0.543. The van der Waals surface area contributed by atoms with Crippen LogP contribution >= 0.6 is 22.6 Å². The van der Waals surface area contributed by atoms with Gasteiger partial charge >= 0.3 is 0 Å². The average molecular weight is 383 g/mol. The Morgan fingerprint density at radius 3 is 2.60 bits per heavy atom. The van der Waals surface area contributed by atoms with E-state index in [2.05, 4.69) is 32.9 Å². The van der Waals surface area contributed by atoms with Crippen LogP contribution in [0.25, 0.3) is 11.6 Å². The summed E-state index contributed by atoms with van der Waals surface area (Å²) < 4.78 is 6.81. The molecule has 0 amide bonds. The van der Waals surface area contributed by atoms with Crippen LogP contribution in [0.1, 0.15) is 43.1 Å². The minimum atomic E-state index is 0.562. The van der Waals surface area contributed by atoms with Gasteiger partial charge in [-0.25, -0.2) is 9.97 Å². The summed E-state index contributed by atoms with van der Waals surface area (Å²) in [5.41, 5.74) is 1.17. The molecule has 0 aromatic carbocycles. The Balaban J connectivity index is 2.09. The lowest BCUT2D eigenvalue weighted by Crippen LogP contribution is -2.07. The molecule has 5 heteroatoms. The SMILES string of the molecule is CNc1nc(-c2ccc(C)o2)nc(C2CCCC2)c1I. The largest absolute Gasteiger partial charge is 0.458 e. The molecule has 0 aliphatic heterocycles. The van der Waals surface area contributed by atoms with Gasteiger partial charge in [-0.05, 0) is 54.5 Å². The predicted molar refractivity (Wildman–Crippen MR) is 87.9 cm³/mol. The number of aromatic nitrogens is 2. The van der Waals surface area contributed by atoms with Crippen molar-refractivity contribution in [1.82, 2.24) is 9.97 Å². The smallest absolute Gasteiger partial charge is 0.197 e. The molecule has 0 unspecified atom stereocenters. The molecular formula is C15H18IN3O. The van der Waals surface area contributed by atoms with E-state index in [4.69, 9.17) is 9.40 Å². The van der Waals surface area contributed by atoms with E-state index < -0.39 is 0 Å². The molecule has 0 saturated heterocycles. The fraction of sp³-hybridized carbons (Fsp3) is 0.467. The summed E-state index contributed by atoms with van der Waals surface area (Å²) in [5.74, 6) is 3.77. The van der Waals surface area contributed by atoms with Crippen molar-refractivity contribution in [1.29, 1.82) is 0 Å². The number of furan rings is 1. The number of hydrogen-bond acceptors (Lipinski definition) is 4. The molecule has 2 heterocycles. The van der Waals surface area contributed by atoms with Gasteiger partial charge in [0.2, 0.25) is 0 Å². The lowest BCUT2D eigenvalue weighted by atomic mass is 10.0. The first-order valence-corrected chi connectivity index (χ1v) is 8.09. The highest BCUT2D eigenvalue weighted by molar-refractivity contribution is 14.1. The number of anilines is 1. The van der Waals surface area contributed by atoms with Crippen molar-refractivity contribution in [2.75, 3.05) is 12.4 Å². The summed E-state index contributed by atoms with van der Waals surface area (Å²) in [5, 5.41) is 3.18. The summed E-state index contributed by atoms with van der Waals surface area (Å²) in [6.07, 6.45) is 5.06. The Bertz CT molecular complexity index is 618. The molecule has 1 N–H and O–H groups in total. The zero-order chi connectivity index (χ0) is 14.1. The summed E-state index contributed by atoms with van der Waals surface area (Å²) in [6.45, 7) is 1.94. The molecule has 1 aliphatic carbocycles. The molecule has 2 aromatic rings. The van der Waals surface area contributed by atoms with E-state index in [0.29, 0.717) is 11.7 Å². The highest BCUT2D eigenvalue weighted by Gasteiger charge is 2.24. The summed E-state index contributed by atoms with van der Waals surface area (Å²) >= 11 is 2.35. The second kappa shape index (κ2) is 5.71. The first kappa shape index (κ1) is 13.9. The monoisotopic (exact) mass is 383 g/mol. The van der Waals surface area contributed by atoms with Crippen molar-refractivity contribution in [2.45, 2.75) is 38.5 Å². The quantitative estimate of drug-likeness (QED) is 0.801. The molecule has 4 nitrogen and oxygen atoms in total. The molecule has 3 rings (SSSR count). The Hall–Kier alpha value is -1.11. The van der Waals surface area contributed by atoms with E-state index in [-0.39, 0.29) is 0 Å². The van der Waals surface area contributed by atoms with Crippen LogP contribution in [0.3, 0.4) is 0 Å². The molecule has 0 bridgehead atoms. The Morgan fingerprint density at radius 2 is 2.00 bits per heavy atom. The third kappa shape index (κ3) is 2.55. The van der Waals surface area contributed by atoms with Crippen LogP contribution in [0.4, 0.5) is 5.82 Å². The van der Waals surface area contributed by atoms with Gasteiger partial charge in [0, 0.05) is 13.0 Å². The Morgan fingerprint density at radius 1 is 1.25 bits per heavy atom. The van der Waals surface area contributed by atoms with E-state index in [1.165, 1.54) is 31.4 Å². The number of nitrogens with one attached hydrogen (secondary N) is 1. The van der Waals surface area contributed by atoms with Crippen molar-refractivity contribution in [3.8, 4) is 11.6 Å². The molecule has 106 valence electrons. The third-order valence-electron chi connectivity index (χ3n) is 3.82. The van der Waals surface area contributed by atoms with Crippen LogP contribution in [0.5, 0.6) is 0 Å². The third-order valence-corrected chi connectivity index (χ3v) is 4.88. The standard InChI is InChI=1S/C15H18IN3O/c1-9-7-8-11(20-9)14-18-13(10-5-3-4-6-10)12(16)15(17-2)19-14/h7-8,10H,3-6H2,1-2H3,(H,17,18,19). The fourth-order valence-electron chi connectivity index (χ4n) is 2.76. The van der Waals surface area contributed by atoms with Gasteiger partial charge in [0.25, 0.3) is 0 Å². The Kier molecular flexibility index (Phi) is 3.96. The van der Waals surface area contributed by atoms with Crippen LogP contribution in [0.2, 0.25) is 0 Å². The van der Waals surface area contributed by atoms with Gasteiger partial charge in [-0.1, -0.05) is 12.8 Å². The molecule has 1 aliphatic rings. The lowest BCUT2D eigenvalue weighted by Gasteiger charge is -2.14. The van der Waals surface area contributed by atoms with E-state index >= 15 is 0 Å². The van der Waals surface area contributed by atoms with Gasteiger partial charge in [-0.15, -0.1) is 0 Å². The molecule has 1 saturated carbocycles.